The third-order valence-corrected chi connectivity index (χ3v) is 5.73. The fourth-order valence-electron chi connectivity index (χ4n) is 3.48. The molecule has 3 nitrogen and oxygen atoms in total. The molecule has 0 N–H and O–H groups in total. The lowest BCUT2D eigenvalue weighted by atomic mass is 9.79. The van der Waals surface area contributed by atoms with E-state index in [1.807, 2.05) is 27.7 Å². The second-order valence-electron chi connectivity index (χ2n) is 8.13. The van der Waals surface area contributed by atoms with Crippen molar-refractivity contribution in [1.29, 1.82) is 0 Å². The normalized spacial score (nSPS) is 23.9. The first kappa shape index (κ1) is 18.7. The number of aromatic nitrogens is 1. The van der Waals surface area contributed by atoms with Crippen molar-refractivity contribution >= 4 is 12.7 Å². The Bertz CT molecular complexity index is 624. The first-order valence-corrected chi connectivity index (χ1v) is 8.94. The molecule has 0 unspecified atom stereocenters. The van der Waals surface area contributed by atoms with Crippen LogP contribution < -0.4 is 5.59 Å². The molecular weight excluding hydrogens is 330 g/mol. The number of halogens is 3. The molecule has 0 amide bonds. The molecule has 138 valence electrons. The van der Waals surface area contributed by atoms with Crippen molar-refractivity contribution in [2.24, 2.45) is 0 Å². The minimum atomic E-state index is -4.48. The molecule has 1 aromatic rings. The lowest BCUT2D eigenvalue weighted by Crippen LogP contribution is -2.41. The van der Waals surface area contributed by atoms with Crippen LogP contribution in [-0.4, -0.2) is 23.3 Å². The molecule has 1 aliphatic heterocycles. The third kappa shape index (κ3) is 3.72. The second-order valence-corrected chi connectivity index (χ2v) is 8.13. The summed E-state index contributed by atoms with van der Waals surface area (Å²) in [4.78, 5) is 3.84. The molecule has 0 radical (unpaired) electrons. The fourth-order valence-corrected chi connectivity index (χ4v) is 3.48. The Morgan fingerprint density at radius 2 is 1.56 bits per heavy atom. The van der Waals surface area contributed by atoms with Gasteiger partial charge in [-0.2, -0.15) is 13.2 Å². The van der Waals surface area contributed by atoms with Crippen LogP contribution in [0.4, 0.5) is 13.2 Å². The molecule has 2 aliphatic rings. The lowest BCUT2D eigenvalue weighted by molar-refractivity contribution is -0.141. The van der Waals surface area contributed by atoms with Gasteiger partial charge in [0.2, 0.25) is 0 Å². The Hall–Kier alpha value is -1.08. The summed E-state index contributed by atoms with van der Waals surface area (Å²) in [5, 5.41) is 0. The van der Waals surface area contributed by atoms with Crippen LogP contribution in [0.15, 0.2) is 12.1 Å². The van der Waals surface area contributed by atoms with E-state index in [4.69, 9.17) is 9.31 Å². The smallest absolute Gasteiger partial charge is 0.398 e. The molecule has 1 aliphatic carbocycles. The quantitative estimate of drug-likeness (QED) is 0.735. The zero-order valence-electron chi connectivity index (χ0n) is 15.2. The van der Waals surface area contributed by atoms with E-state index in [9.17, 15) is 13.2 Å². The average Bonchev–Trinajstić information content (AvgIpc) is 2.75. The van der Waals surface area contributed by atoms with Gasteiger partial charge in [0.15, 0.2) is 0 Å². The Morgan fingerprint density at radius 1 is 1.00 bits per heavy atom. The van der Waals surface area contributed by atoms with Gasteiger partial charge in [0.05, 0.1) is 16.8 Å². The summed E-state index contributed by atoms with van der Waals surface area (Å²) < 4.78 is 51.9. The summed E-state index contributed by atoms with van der Waals surface area (Å²) in [5.41, 5.74) is -1.17. The van der Waals surface area contributed by atoms with Crippen LogP contribution in [0.5, 0.6) is 0 Å². The van der Waals surface area contributed by atoms with Crippen molar-refractivity contribution in [3.8, 4) is 0 Å². The first-order chi connectivity index (χ1) is 11.5. The van der Waals surface area contributed by atoms with Crippen molar-refractivity contribution in [3.63, 3.8) is 0 Å². The molecule has 3 rings (SSSR count). The van der Waals surface area contributed by atoms with E-state index in [0.29, 0.717) is 5.56 Å². The van der Waals surface area contributed by atoms with Crippen molar-refractivity contribution in [2.75, 3.05) is 0 Å². The molecule has 0 aromatic carbocycles. The van der Waals surface area contributed by atoms with E-state index in [-0.39, 0.29) is 11.5 Å². The van der Waals surface area contributed by atoms with Gasteiger partial charge in [-0.3, -0.25) is 4.98 Å². The van der Waals surface area contributed by atoms with Gasteiger partial charge < -0.3 is 9.31 Å². The zero-order chi connectivity index (χ0) is 18.5. The predicted molar refractivity (Wildman–Crippen MR) is 90.8 cm³/mol. The molecular formula is C18H25BF3NO2. The molecule has 25 heavy (non-hydrogen) atoms. The highest BCUT2D eigenvalue weighted by Crippen LogP contribution is 2.38. The first-order valence-electron chi connectivity index (χ1n) is 8.94. The topological polar surface area (TPSA) is 31.4 Å². The molecule has 1 saturated heterocycles. The number of nitrogens with zero attached hydrogens (tertiary/aromatic N) is 1. The van der Waals surface area contributed by atoms with Crippen molar-refractivity contribution in [3.05, 3.63) is 23.4 Å². The average molecular weight is 355 g/mol. The fraction of sp³-hybridized carbons (Fsp3) is 0.722. The van der Waals surface area contributed by atoms with E-state index in [2.05, 4.69) is 4.98 Å². The maximum absolute atomic E-state index is 13.4. The minimum Gasteiger partial charge on any atom is -0.398 e. The highest BCUT2D eigenvalue weighted by molar-refractivity contribution is 6.61. The molecule has 1 saturated carbocycles. The van der Waals surface area contributed by atoms with Gasteiger partial charge >= 0.3 is 13.3 Å². The maximum atomic E-state index is 13.4. The Balaban J connectivity index is 1.98. The predicted octanol–water partition coefficient (Wildman–Crippen LogP) is 4.45. The summed E-state index contributed by atoms with van der Waals surface area (Å²) in [6.45, 7) is 7.51. The molecule has 0 bridgehead atoms. The van der Waals surface area contributed by atoms with Gasteiger partial charge in [0.25, 0.3) is 0 Å². The minimum absolute atomic E-state index is 0.152. The van der Waals surface area contributed by atoms with Crippen LogP contribution in [0.25, 0.3) is 0 Å². The standard InChI is InChI=1S/C18H25BF3NO2/c1-16(2)17(3,4)25-19(24-16)15-11-13(12-8-6-5-7-9-12)10-14(23-15)18(20,21)22/h10-12H,5-9H2,1-4H3. The number of rotatable bonds is 2. The summed E-state index contributed by atoms with van der Waals surface area (Å²) in [7, 11) is -0.880. The van der Waals surface area contributed by atoms with Crippen molar-refractivity contribution in [2.45, 2.75) is 83.1 Å². The third-order valence-electron chi connectivity index (χ3n) is 5.73. The van der Waals surface area contributed by atoms with E-state index < -0.39 is 30.2 Å². The molecule has 7 heteroatoms. The largest absolute Gasteiger partial charge is 0.514 e. The molecule has 1 aromatic heterocycles. The Kier molecular flexibility index (Phi) is 4.69. The van der Waals surface area contributed by atoms with Gasteiger partial charge in [-0.05, 0) is 64.2 Å². The lowest BCUT2D eigenvalue weighted by Gasteiger charge is -2.32. The van der Waals surface area contributed by atoms with Gasteiger partial charge in [-0.15, -0.1) is 0 Å². The molecule has 2 heterocycles. The zero-order valence-corrected chi connectivity index (χ0v) is 15.2. The maximum Gasteiger partial charge on any atom is 0.514 e. The van der Waals surface area contributed by atoms with Crippen LogP contribution in [-0.2, 0) is 15.5 Å². The second kappa shape index (κ2) is 6.27. The number of hydrogen-bond acceptors (Lipinski definition) is 3. The van der Waals surface area contributed by atoms with Gasteiger partial charge in [0, 0.05) is 0 Å². The highest BCUT2D eigenvalue weighted by Gasteiger charge is 2.53. The summed E-state index contributed by atoms with van der Waals surface area (Å²) >= 11 is 0. The molecule has 2 fully saturated rings. The number of alkyl halides is 3. The van der Waals surface area contributed by atoms with Crippen LogP contribution in [0, 0.1) is 0 Å². The van der Waals surface area contributed by atoms with E-state index >= 15 is 0 Å². The number of pyridine rings is 1. The summed E-state index contributed by atoms with van der Waals surface area (Å²) in [5.74, 6) is 0.152. The van der Waals surface area contributed by atoms with Gasteiger partial charge in [-0.25, -0.2) is 0 Å². The summed E-state index contributed by atoms with van der Waals surface area (Å²) in [6, 6.07) is 2.94. The molecule has 0 atom stereocenters. The molecule has 0 spiro atoms. The van der Waals surface area contributed by atoms with Gasteiger partial charge in [-0.1, -0.05) is 19.3 Å². The van der Waals surface area contributed by atoms with E-state index in [1.54, 1.807) is 6.07 Å². The van der Waals surface area contributed by atoms with Crippen molar-refractivity contribution < 1.29 is 22.5 Å². The highest BCUT2D eigenvalue weighted by atomic mass is 19.4. The Morgan fingerprint density at radius 3 is 2.08 bits per heavy atom. The Labute approximate surface area is 147 Å². The van der Waals surface area contributed by atoms with Crippen LogP contribution in [0.2, 0.25) is 0 Å². The van der Waals surface area contributed by atoms with Crippen molar-refractivity contribution in [1.82, 2.24) is 4.98 Å². The summed E-state index contributed by atoms with van der Waals surface area (Å²) in [6.07, 6.45) is 0.620. The number of hydrogen-bond donors (Lipinski definition) is 0. The van der Waals surface area contributed by atoms with Crippen LogP contribution in [0.3, 0.4) is 0 Å². The monoisotopic (exact) mass is 355 g/mol. The van der Waals surface area contributed by atoms with Crippen LogP contribution >= 0.6 is 0 Å². The SMILES string of the molecule is CC1(C)OB(c2cc(C3CCCCC3)cc(C(F)(F)F)n2)OC1(C)C. The van der Waals surface area contributed by atoms with E-state index in [0.717, 1.165) is 32.1 Å². The van der Waals surface area contributed by atoms with Crippen LogP contribution in [0.1, 0.15) is 77.0 Å². The van der Waals surface area contributed by atoms with Gasteiger partial charge in [0.1, 0.15) is 5.69 Å². The van der Waals surface area contributed by atoms with E-state index in [1.165, 1.54) is 6.07 Å².